The van der Waals surface area contributed by atoms with Crippen LogP contribution in [0.2, 0.25) is 0 Å². The van der Waals surface area contributed by atoms with E-state index in [1.807, 2.05) is 42.5 Å². The minimum atomic E-state index is -0.0423. The van der Waals surface area contributed by atoms with Gasteiger partial charge in [-0.15, -0.1) is 0 Å². The molecule has 1 aromatic heterocycles. The van der Waals surface area contributed by atoms with Gasteiger partial charge < -0.3 is 15.0 Å². The second kappa shape index (κ2) is 7.86. The summed E-state index contributed by atoms with van der Waals surface area (Å²) in [7, 11) is 1.67. The number of carbonyl (C=O) groups is 1. The van der Waals surface area contributed by atoms with Crippen molar-refractivity contribution in [2.45, 2.75) is 12.8 Å². The molecule has 1 aliphatic rings. The number of piperidine rings is 1. The van der Waals surface area contributed by atoms with Gasteiger partial charge in [-0.3, -0.25) is 4.79 Å². The van der Waals surface area contributed by atoms with Gasteiger partial charge in [0.2, 0.25) is 5.91 Å². The molecule has 1 fully saturated rings. The normalized spacial score (nSPS) is 17.1. The molecule has 0 radical (unpaired) electrons. The molecular formula is C20H20BrN3O2S. The molecule has 1 amide bonds. The Labute approximate surface area is 170 Å². The van der Waals surface area contributed by atoms with Crippen LogP contribution in [-0.4, -0.2) is 31.1 Å². The number of rotatable bonds is 4. The van der Waals surface area contributed by atoms with Crippen LogP contribution in [0.4, 0.5) is 10.8 Å². The van der Waals surface area contributed by atoms with Crippen molar-refractivity contribution in [2.75, 3.05) is 30.4 Å². The summed E-state index contributed by atoms with van der Waals surface area (Å²) < 4.78 is 7.36. The minimum Gasteiger partial charge on any atom is -0.497 e. The fourth-order valence-corrected chi connectivity index (χ4v) is 4.76. The maximum Gasteiger partial charge on any atom is 0.229 e. The highest BCUT2D eigenvalue weighted by Gasteiger charge is 2.27. The zero-order chi connectivity index (χ0) is 18.8. The van der Waals surface area contributed by atoms with Crippen LogP contribution in [0.15, 0.2) is 46.9 Å². The van der Waals surface area contributed by atoms with Gasteiger partial charge in [-0.05, 0) is 49.2 Å². The van der Waals surface area contributed by atoms with Gasteiger partial charge in [-0.2, -0.15) is 0 Å². The second-order valence-electron chi connectivity index (χ2n) is 6.61. The fraction of sp³-hybridized carbons (Fsp3) is 0.300. The van der Waals surface area contributed by atoms with Crippen molar-refractivity contribution in [3.63, 3.8) is 0 Å². The lowest BCUT2D eigenvalue weighted by molar-refractivity contribution is -0.120. The van der Waals surface area contributed by atoms with E-state index in [1.165, 1.54) is 0 Å². The van der Waals surface area contributed by atoms with E-state index in [4.69, 9.17) is 9.72 Å². The molecular weight excluding hydrogens is 426 g/mol. The largest absolute Gasteiger partial charge is 0.497 e. The van der Waals surface area contributed by atoms with E-state index in [2.05, 4.69) is 26.1 Å². The molecule has 1 atom stereocenters. The maximum atomic E-state index is 12.7. The SMILES string of the molecule is COc1ccc2nc(N3CCCC(C(=O)Nc4cccc(Br)c4)C3)sc2c1. The quantitative estimate of drug-likeness (QED) is 0.618. The van der Waals surface area contributed by atoms with E-state index in [0.29, 0.717) is 6.54 Å². The van der Waals surface area contributed by atoms with Crippen molar-refractivity contribution in [3.05, 3.63) is 46.9 Å². The van der Waals surface area contributed by atoms with Crippen molar-refractivity contribution in [1.29, 1.82) is 0 Å². The highest BCUT2D eigenvalue weighted by atomic mass is 79.9. The number of methoxy groups -OCH3 is 1. The molecule has 2 heterocycles. The van der Waals surface area contributed by atoms with Crippen LogP contribution in [0.25, 0.3) is 10.2 Å². The smallest absolute Gasteiger partial charge is 0.229 e. The van der Waals surface area contributed by atoms with Crippen molar-refractivity contribution in [3.8, 4) is 5.75 Å². The van der Waals surface area contributed by atoms with Crippen molar-refractivity contribution >= 4 is 54.2 Å². The first-order valence-corrected chi connectivity index (χ1v) is 10.5. The lowest BCUT2D eigenvalue weighted by Crippen LogP contribution is -2.40. The van der Waals surface area contributed by atoms with Crippen molar-refractivity contribution < 1.29 is 9.53 Å². The highest BCUT2D eigenvalue weighted by Crippen LogP contribution is 2.33. The molecule has 0 bridgehead atoms. The summed E-state index contributed by atoms with van der Waals surface area (Å²) in [6.45, 7) is 1.62. The summed E-state index contributed by atoms with van der Waals surface area (Å²) >= 11 is 5.09. The van der Waals surface area contributed by atoms with Crippen LogP contribution in [0.5, 0.6) is 5.75 Å². The molecule has 4 rings (SSSR count). The maximum absolute atomic E-state index is 12.7. The molecule has 140 valence electrons. The topological polar surface area (TPSA) is 54.5 Å². The molecule has 0 spiro atoms. The van der Waals surface area contributed by atoms with Crippen molar-refractivity contribution in [2.24, 2.45) is 5.92 Å². The van der Waals surface area contributed by atoms with Crippen LogP contribution >= 0.6 is 27.3 Å². The molecule has 1 N–H and O–H groups in total. The van der Waals surface area contributed by atoms with Crippen LogP contribution in [-0.2, 0) is 4.79 Å². The number of amides is 1. The number of ether oxygens (including phenoxy) is 1. The minimum absolute atomic E-state index is 0.0423. The molecule has 27 heavy (non-hydrogen) atoms. The van der Waals surface area contributed by atoms with Gasteiger partial charge in [0.05, 0.1) is 23.2 Å². The zero-order valence-corrected chi connectivity index (χ0v) is 17.3. The van der Waals surface area contributed by atoms with E-state index < -0.39 is 0 Å². The second-order valence-corrected chi connectivity index (χ2v) is 8.54. The van der Waals surface area contributed by atoms with Gasteiger partial charge in [-0.1, -0.05) is 33.3 Å². The van der Waals surface area contributed by atoms with Crippen molar-refractivity contribution in [1.82, 2.24) is 4.98 Å². The standard InChI is InChI=1S/C20H20BrN3O2S/c1-26-16-7-8-17-18(11-16)27-20(23-17)24-9-3-4-13(12-24)19(25)22-15-6-2-5-14(21)10-15/h2,5-8,10-11,13H,3-4,9,12H2,1H3,(H,22,25). The highest BCUT2D eigenvalue weighted by molar-refractivity contribution is 9.10. The number of nitrogens with zero attached hydrogens (tertiary/aromatic N) is 2. The predicted octanol–water partition coefficient (Wildman–Crippen LogP) is 4.92. The number of nitrogens with one attached hydrogen (secondary N) is 1. The number of fused-ring (bicyclic) bond motifs is 1. The molecule has 1 aliphatic heterocycles. The number of thiazole rings is 1. The molecule has 0 aliphatic carbocycles. The Balaban J connectivity index is 1.48. The molecule has 5 nitrogen and oxygen atoms in total. The molecule has 7 heteroatoms. The number of anilines is 2. The summed E-state index contributed by atoms with van der Waals surface area (Å²) in [4.78, 5) is 19.7. The Morgan fingerprint density at radius 2 is 2.22 bits per heavy atom. The molecule has 1 saturated heterocycles. The Morgan fingerprint density at radius 1 is 1.33 bits per heavy atom. The number of aromatic nitrogens is 1. The summed E-state index contributed by atoms with van der Waals surface area (Å²) in [5, 5.41) is 4.01. The Hall–Kier alpha value is -2.12. The molecule has 2 aromatic carbocycles. The summed E-state index contributed by atoms with van der Waals surface area (Å²) in [6.07, 6.45) is 1.88. The Kier molecular flexibility index (Phi) is 5.31. The Bertz CT molecular complexity index is 975. The molecule has 0 saturated carbocycles. The number of hydrogen-bond donors (Lipinski definition) is 1. The van der Waals surface area contributed by atoms with Gasteiger partial charge in [0.25, 0.3) is 0 Å². The van der Waals surface area contributed by atoms with Crippen LogP contribution in [0.1, 0.15) is 12.8 Å². The first kappa shape index (κ1) is 18.3. The molecule has 1 unspecified atom stereocenters. The van der Waals surface area contributed by atoms with Crippen LogP contribution in [0, 0.1) is 5.92 Å². The van der Waals surface area contributed by atoms with Crippen LogP contribution < -0.4 is 15.0 Å². The first-order valence-electron chi connectivity index (χ1n) is 8.88. The predicted molar refractivity (Wildman–Crippen MR) is 114 cm³/mol. The van der Waals surface area contributed by atoms with Gasteiger partial charge in [-0.25, -0.2) is 4.98 Å². The third-order valence-corrected chi connectivity index (χ3v) is 6.31. The monoisotopic (exact) mass is 445 g/mol. The summed E-state index contributed by atoms with van der Waals surface area (Å²) in [5.74, 6) is 0.863. The van der Waals surface area contributed by atoms with E-state index in [1.54, 1.807) is 18.4 Å². The average molecular weight is 446 g/mol. The van der Waals surface area contributed by atoms with Gasteiger partial charge in [0, 0.05) is 23.2 Å². The zero-order valence-electron chi connectivity index (χ0n) is 14.9. The average Bonchev–Trinajstić information content (AvgIpc) is 3.11. The number of benzene rings is 2. The Morgan fingerprint density at radius 3 is 3.04 bits per heavy atom. The van der Waals surface area contributed by atoms with Gasteiger partial charge in [0.15, 0.2) is 5.13 Å². The fourth-order valence-electron chi connectivity index (χ4n) is 3.33. The lowest BCUT2D eigenvalue weighted by Gasteiger charge is -2.31. The third kappa shape index (κ3) is 4.09. The summed E-state index contributed by atoms with van der Waals surface area (Å²) in [6, 6.07) is 13.6. The van der Waals surface area contributed by atoms with E-state index in [9.17, 15) is 4.79 Å². The van der Waals surface area contributed by atoms with Gasteiger partial charge in [0.1, 0.15) is 5.75 Å². The van der Waals surface area contributed by atoms with E-state index in [-0.39, 0.29) is 11.8 Å². The third-order valence-electron chi connectivity index (χ3n) is 4.74. The van der Waals surface area contributed by atoms with E-state index >= 15 is 0 Å². The summed E-state index contributed by atoms with van der Waals surface area (Å²) in [5.41, 5.74) is 1.79. The number of halogens is 1. The first-order chi connectivity index (χ1) is 13.1. The number of hydrogen-bond acceptors (Lipinski definition) is 5. The van der Waals surface area contributed by atoms with Crippen LogP contribution in [0.3, 0.4) is 0 Å². The lowest BCUT2D eigenvalue weighted by atomic mass is 9.97. The van der Waals surface area contributed by atoms with E-state index in [0.717, 1.165) is 50.6 Å². The number of carbonyl (C=O) groups excluding carboxylic acids is 1. The van der Waals surface area contributed by atoms with Gasteiger partial charge >= 0.3 is 0 Å². The molecule has 3 aromatic rings.